The van der Waals surface area contributed by atoms with Gasteiger partial charge in [0.15, 0.2) is 5.78 Å². The van der Waals surface area contributed by atoms with E-state index < -0.39 is 5.97 Å². The molecule has 0 radical (unpaired) electrons. The predicted molar refractivity (Wildman–Crippen MR) is 91.0 cm³/mol. The van der Waals surface area contributed by atoms with Gasteiger partial charge < -0.3 is 4.74 Å². The Kier molecular flexibility index (Phi) is 6.12. The summed E-state index contributed by atoms with van der Waals surface area (Å²) < 4.78 is 5.25. The van der Waals surface area contributed by atoms with Crippen LogP contribution in [0.15, 0.2) is 60.2 Å². The molecule has 2 rings (SSSR count). The molecule has 0 N–H and O–H groups in total. The third kappa shape index (κ3) is 5.08. The van der Waals surface area contributed by atoms with Gasteiger partial charge in [-0.05, 0) is 29.3 Å². The average molecular weight is 329 g/mol. The number of halogens is 1. The Bertz CT molecular complexity index is 720. The highest BCUT2D eigenvalue weighted by atomic mass is 35.5. The van der Waals surface area contributed by atoms with Gasteiger partial charge in [-0.25, -0.2) is 4.79 Å². The lowest BCUT2D eigenvalue weighted by molar-refractivity contribution is -0.141. The van der Waals surface area contributed by atoms with E-state index in [9.17, 15) is 9.59 Å². The monoisotopic (exact) mass is 328 g/mol. The number of carbonyl (C=O) groups excluding carboxylic acids is 2. The summed E-state index contributed by atoms with van der Waals surface area (Å²) >= 11 is 5.93. The van der Waals surface area contributed by atoms with E-state index in [2.05, 4.69) is 0 Å². The van der Waals surface area contributed by atoms with Crippen molar-refractivity contribution in [3.63, 3.8) is 0 Å². The first-order chi connectivity index (χ1) is 11.1. The van der Waals surface area contributed by atoms with E-state index in [0.717, 1.165) is 5.56 Å². The number of esters is 1. The number of hydrogen-bond acceptors (Lipinski definition) is 3. The first kappa shape index (κ1) is 17.0. The molecule has 3 nitrogen and oxygen atoms in total. The summed E-state index contributed by atoms with van der Waals surface area (Å²) in [6.07, 6.45) is 1.75. The maximum absolute atomic E-state index is 12.3. The number of ether oxygens (including phenoxy) is 1. The summed E-state index contributed by atoms with van der Waals surface area (Å²) in [6.45, 7) is 1.84. The Labute approximate surface area is 140 Å². The van der Waals surface area contributed by atoms with Crippen molar-refractivity contribution in [3.05, 3.63) is 76.3 Å². The van der Waals surface area contributed by atoms with Crippen LogP contribution in [0, 0.1) is 0 Å². The molecular formula is C19H17ClO3. The maximum atomic E-state index is 12.3. The normalized spacial score (nSPS) is 11.1. The molecule has 2 aromatic carbocycles. The molecule has 0 fully saturated rings. The molecule has 0 unspecified atom stereocenters. The summed E-state index contributed by atoms with van der Waals surface area (Å²) in [6, 6.07) is 16.3. The van der Waals surface area contributed by atoms with Crippen LogP contribution in [0.5, 0.6) is 0 Å². The van der Waals surface area contributed by atoms with Crippen LogP contribution >= 0.6 is 11.6 Å². The van der Waals surface area contributed by atoms with E-state index in [-0.39, 0.29) is 24.4 Å². The van der Waals surface area contributed by atoms with Gasteiger partial charge >= 0.3 is 5.97 Å². The molecule has 0 aliphatic rings. The third-order valence-electron chi connectivity index (χ3n) is 3.21. The molecule has 0 amide bonds. The molecule has 23 heavy (non-hydrogen) atoms. The smallest absolute Gasteiger partial charge is 0.342 e. The maximum Gasteiger partial charge on any atom is 0.342 e. The molecule has 0 spiro atoms. The zero-order valence-corrected chi connectivity index (χ0v) is 13.5. The molecular weight excluding hydrogens is 312 g/mol. The summed E-state index contributed by atoms with van der Waals surface area (Å²) in [4.78, 5) is 24.3. The fourth-order valence-electron chi connectivity index (χ4n) is 2.01. The van der Waals surface area contributed by atoms with Crippen LogP contribution in [0.25, 0.3) is 6.08 Å². The molecule has 0 saturated carbocycles. The van der Waals surface area contributed by atoms with Crippen molar-refractivity contribution in [2.24, 2.45) is 0 Å². The van der Waals surface area contributed by atoms with Gasteiger partial charge in [-0.1, -0.05) is 61.0 Å². The lowest BCUT2D eigenvalue weighted by Crippen LogP contribution is -2.15. The molecule has 2 aromatic rings. The molecule has 0 aliphatic carbocycles. The molecule has 0 aromatic heterocycles. The third-order valence-corrected chi connectivity index (χ3v) is 3.45. The van der Waals surface area contributed by atoms with Gasteiger partial charge in [0.2, 0.25) is 0 Å². The quantitative estimate of drug-likeness (QED) is 0.340. The zero-order chi connectivity index (χ0) is 16.7. The average Bonchev–Trinajstić information content (AvgIpc) is 2.58. The minimum absolute atomic E-state index is 0.0331. The fraction of sp³-hybridized carbons (Fsp3) is 0.158. The highest BCUT2D eigenvalue weighted by Crippen LogP contribution is 2.16. The van der Waals surface area contributed by atoms with Gasteiger partial charge in [0.1, 0.15) is 12.2 Å². The zero-order valence-electron chi connectivity index (χ0n) is 12.8. The minimum atomic E-state index is -0.624. The van der Waals surface area contributed by atoms with Crippen molar-refractivity contribution in [1.82, 2.24) is 0 Å². The van der Waals surface area contributed by atoms with Crippen LogP contribution in [0.4, 0.5) is 0 Å². The second-order valence-corrected chi connectivity index (χ2v) is 5.39. The van der Waals surface area contributed by atoms with E-state index in [1.165, 1.54) is 6.08 Å². The van der Waals surface area contributed by atoms with E-state index in [1.54, 1.807) is 31.2 Å². The lowest BCUT2D eigenvalue weighted by Gasteiger charge is -2.07. The minimum Gasteiger partial charge on any atom is -0.457 e. The van der Waals surface area contributed by atoms with Crippen LogP contribution in [0.1, 0.15) is 24.5 Å². The predicted octanol–water partition coefficient (Wildman–Crippen LogP) is 4.45. The van der Waals surface area contributed by atoms with Crippen LogP contribution in [0.2, 0.25) is 5.02 Å². The lowest BCUT2D eigenvalue weighted by atomic mass is 10.1. The van der Waals surface area contributed by atoms with Crippen molar-refractivity contribution in [3.8, 4) is 0 Å². The van der Waals surface area contributed by atoms with E-state index in [1.807, 2.05) is 30.3 Å². The molecule has 0 heterocycles. The summed E-state index contributed by atoms with van der Waals surface area (Å²) in [7, 11) is 0. The molecule has 0 atom stereocenters. The van der Waals surface area contributed by atoms with Crippen molar-refractivity contribution < 1.29 is 14.3 Å². The highest BCUT2D eigenvalue weighted by Gasteiger charge is 2.18. The van der Waals surface area contributed by atoms with Gasteiger partial charge in [-0.2, -0.15) is 0 Å². The first-order valence-electron chi connectivity index (χ1n) is 7.31. The Morgan fingerprint density at radius 2 is 1.83 bits per heavy atom. The summed E-state index contributed by atoms with van der Waals surface area (Å²) in [5, 5.41) is 0.541. The van der Waals surface area contributed by atoms with Gasteiger partial charge in [-0.3, -0.25) is 4.79 Å². The van der Waals surface area contributed by atoms with E-state index in [0.29, 0.717) is 10.6 Å². The number of Topliss-reactive ketones (excluding diaryl/α,β-unsaturated/α-hetero) is 1. The van der Waals surface area contributed by atoms with Crippen LogP contribution in [-0.2, 0) is 20.9 Å². The SMILES string of the molecule is CCC(=O)C(=Cc1cccc(Cl)c1)C(=O)OCc1ccccc1. The molecule has 118 valence electrons. The van der Waals surface area contributed by atoms with Crippen LogP contribution in [-0.4, -0.2) is 11.8 Å². The number of carbonyl (C=O) groups is 2. The second-order valence-electron chi connectivity index (χ2n) is 4.95. The standard InChI is InChI=1S/C19H17ClO3/c1-2-18(21)17(12-15-9-6-10-16(20)11-15)19(22)23-13-14-7-4-3-5-8-14/h3-12H,2,13H2,1H3. The van der Waals surface area contributed by atoms with Gasteiger partial charge in [0.05, 0.1) is 0 Å². The summed E-state index contributed by atoms with van der Waals surface area (Å²) in [5.74, 6) is -0.885. The first-order valence-corrected chi connectivity index (χ1v) is 7.69. The second kappa shape index (κ2) is 8.30. The topological polar surface area (TPSA) is 43.4 Å². The van der Waals surface area contributed by atoms with Gasteiger partial charge in [0, 0.05) is 11.4 Å². The van der Waals surface area contributed by atoms with Gasteiger partial charge in [0.25, 0.3) is 0 Å². The molecule has 4 heteroatoms. The highest BCUT2D eigenvalue weighted by molar-refractivity contribution is 6.30. The fourth-order valence-corrected chi connectivity index (χ4v) is 2.21. The van der Waals surface area contributed by atoms with Crippen molar-refractivity contribution >= 4 is 29.4 Å². The number of ketones is 1. The Morgan fingerprint density at radius 1 is 1.09 bits per heavy atom. The Hall–Kier alpha value is -2.39. The number of rotatable bonds is 6. The number of hydrogen-bond donors (Lipinski definition) is 0. The van der Waals surface area contributed by atoms with Crippen molar-refractivity contribution in [1.29, 1.82) is 0 Å². The Balaban J connectivity index is 2.17. The van der Waals surface area contributed by atoms with Crippen LogP contribution < -0.4 is 0 Å². The van der Waals surface area contributed by atoms with E-state index >= 15 is 0 Å². The molecule has 0 bridgehead atoms. The van der Waals surface area contributed by atoms with Gasteiger partial charge in [-0.15, -0.1) is 0 Å². The summed E-state index contributed by atoms with van der Waals surface area (Å²) in [5.41, 5.74) is 1.59. The van der Waals surface area contributed by atoms with E-state index in [4.69, 9.17) is 16.3 Å². The number of benzene rings is 2. The largest absolute Gasteiger partial charge is 0.457 e. The molecule has 0 aliphatic heterocycles. The molecule has 0 saturated heterocycles. The van der Waals surface area contributed by atoms with Crippen molar-refractivity contribution in [2.45, 2.75) is 20.0 Å². The Morgan fingerprint density at radius 3 is 2.48 bits per heavy atom. The van der Waals surface area contributed by atoms with Crippen molar-refractivity contribution in [2.75, 3.05) is 0 Å². The van der Waals surface area contributed by atoms with Crippen LogP contribution in [0.3, 0.4) is 0 Å².